The molecule has 7 nitrogen and oxygen atoms in total. The second-order valence-corrected chi connectivity index (χ2v) is 5.65. The number of amides is 1. The minimum Gasteiger partial charge on any atom is -0.422 e. The second-order valence-electron chi connectivity index (χ2n) is 5.65. The summed E-state index contributed by atoms with van der Waals surface area (Å²) in [6.07, 6.45) is 2.19. The van der Waals surface area contributed by atoms with E-state index in [1.54, 1.807) is 17.9 Å². The lowest BCUT2D eigenvalue weighted by atomic mass is 10.1. The number of aromatic nitrogens is 2. The molecule has 0 aliphatic rings. The van der Waals surface area contributed by atoms with Crippen LogP contribution >= 0.6 is 0 Å². The molecule has 126 valence electrons. The van der Waals surface area contributed by atoms with E-state index in [2.05, 4.69) is 10.4 Å². The van der Waals surface area contributed by atoms with Crippen LogP contribution < -0.4 is 10.9 Å². The average Bonchev–Trinajstić information content (AvgIpc) is 2.97. The minimum atomic E-state index is -0.451. The Balaban J connectivity index is 1.94. The highest BCUT2D eigenvalue weighted by atomic mass is 16.5. The zero-order valence-corrected chi connectivity index (χ0v) is 13.7. The molecule has 2 aromatic heterocycles. The Bertz CT molecular complexity index is 942. The summed E-state index contributed by atoms with van der Waals surface area (Å²) in [5, 5.41) is 8.15. The maximum Gasteiger partial charge on any atom is 0.347 e. The van der Waals surface area contributed by atoms with E-state index in [4.69, 9.17) is 9.15 Å². The van der Waals surface area contributed by atoms with Gasteiger partial charge in [-0.25, -0.2) is 4.79 Å². The van der Waals surface area contributed by atoms with Crippen molar-refractivity contribution in [2.45, 2.75) is 19.9 Å². The molecule has 7 heteroatoms. The number of hydrogen-bond acceptors (Lipinski definition) is 5. The molecule has 0 fully saturated rings. The molecule has 3 rings (SSSR count). The van der Waals surface area contributed by atoms with Gasteiger partial charge in [-0.3, -0.25) is 9.48 Å². The van der Waals surface area contributed by atoms with Gasteiger partial charge in [0.15, 0.2) is 0 Å². The molecule has 0 spiro atoms. The number of hydrogen-bond donors (Lipinski definition) is 1. The number of ether oxygens (including phenoxy) is 1. The van der Waals surface area contributed by atoms with Crippen molar-refractivity contribution in [2.75, 3.05) is 20.3 Å². The zero-order chi connectivity index (χ0) is 17.1. The molecule has 0 atom stereocenters. The molecule has 0 radical (unpaired) electrons. The summed E-state index contributed by atoms with van der Waals surface area (Å²) in [5.41, 5.74) is 1.69. The van der Waals surface area contributed by atoms with E-state index in [-0.39, 0.29) is 12.5 Å². The highest BCUT2D eigenvalue weighted by Gasteiger charge is 2.15. The van der Waals surface area contributed by atoms with Gasteiger partial charge in [-0.05, 0) is 25.5 Å². The lowest BCUT2D eigenvalue weighted by Crippen LogP contribution is -2.29. The van der Waals surface area contributed by atoms with Crippen LogP contribution in [0.25, 0.3) is 21.9 Å². The lowest BCUT2D eigenvalue weighted by molar-refractivity contribution is -0.121. The van der Waals surface area contributed by atoms with E-state index in [0.29, 0.717) is 29.6 Å². The fraction of sp³-hybridized carbons (Fsp3) is 0.353. The normalized spacial score (nSPS) is 11.2. The molecule has 3 aromatic rings. The molecule has 1 amide bonds. The molecule has 2 heterocycles. The molecule has 1 N–H and O–H groups in total. The van der Waals surface area contributed by atoms with Crippen LogP contribution in [0.5, 0.6) is 0 Å². The lowest BCUT2D eigenvalue weighted by Gasteiger charge is -2.07. The number of aryl methyl sites for hydroxylation is 1. The van der Waals surface area contributed by atoms with Gasteiger partial charge in [0.05, 0.1) is 11.7 Å². The van der Waals surface area contributed by atoms with Gasteiger partial charge in [0.1, 0.15) is 17.5 Å². The number of rotatable bonds is 6. The highest BCUT2D eigenvalue weighted by Crippen LogP contribution is 2.23. The summed E-state index contributed by atoms with van der Waals surface area (Å²) in [7, 11) is 1.62. The molecule has 0 saturated heterocycles. The van der Waals surface area contributed by atoms with Gasteiger partial charge < -0.3 is 14.5 Å². The van der Waals surface area contributed by atoms with Crippen molar-refractivity contribution in [1.82, 2.24) is 15.1 Å². The summed E-state index contributed by atoms with van der Waals surface area (Å²) in [6.45, 7) is 3.13. The first-order valence-corrected chi connectivity index (χ1v) is 7.75. The maximum absolute atomic E-state index is 12.1. The predicted octanol–water partition coefficient (Wildman–Crippen LogP) is 1.60. The van der Waals surface area contributed by atoms with Crippen LogP contribution in [-0.2, 0) is 16.1 Å². The Morgan fingerprint density at radius 1 is 1.38 bits per heavy atom. The van der Waals surface area contributed by atoms with Crippen molar-refractivity contribution in [3.63, 3.8) is 0 Å². The highest BCUT2D eigenvalue weighted by molar-refractivity contribution is 6.02. The topological polar surface area (TPSA) is 86.4 Å². The van der Waals surface area contributed by atoms with Crippen LogP contribution in [0.3, 0.4) is 0 Å². The van der Waals surface area contributed by atoms with Crippen LogP contribution in [0.2, 0.25) is 0 Å². The Hall–Kier alpha value is -2.67. The first-order chi connectivity index (χ1) is 11.6. The number of fused-ring (bicyclic) bond motifs is 3. The van der Waals surface area contributed by atoms with Crippen molar-refractivity contribution in [2.24, 2.45) is 0 Å². The molecule has 24 heavy (non-hydrogen) atoms. The SMILES string of the molecule is COCCCNC(=O)Cn1ncc2c(=O)oc3ccc(C)cc3c21. The van der Waals surface area contributed by atoms with Crippen LogP contribution in [0.15, 0.2) is 33.6 Å². The van der Waals surface area contributed by atoms with Crippen LogP contribution in [-0.4, -0.2) is 35.9 Å². The monoisotopic (exact) mass is 329 g/mol. The fourth-order valence-corrected chi connectivity index (χ4v) is 2.65. The number of methoxy groups -OCH3 is 1. The second kappa shape index (κ2) is 6.84. The first-order valence-electron chi connectivity index (χ1n) is 7.75. The Kier molecular flexibility index (Phi) is 4.61. The first kappa shape index (κ1) is 16.2. The summed E-state index contributed by atoms with van der Waals surface area (Å²) in [4.78, 5) is 24.2. The standard InChI is InChI=1S/C17H19N3O4/c1-11-4-5-14-12(8-11)16-13(17(22)24-14)9-19-20(16)10-15(21)18-6-3-7-23-2/h4-5,8-9H,3,6-7,10H2,1-2H3,(H,18,21). The number of nitrogens with zero attached hydrogens (tertiary/aromatic N) is 2. The number of benzene rings is 1. The molecule has 0 unspecified atom stereocenters. The summed E-state index contributed by atoms with van der Waals surface area (Å²) < 4.78 is 11.8. The van der Waals surface area contributed by atoms with Crippen LogP contribution in [0.4, 0.5) is 0 Å². The largest absolute Gasteiger partial charge is 0.422 e. The van der Waals surface area contributed by atoms with E-state index in [1.165, 1.54) is 6.20 Å². The molecular weight excluding hydrogens is 310 g/mol. The molecule has 0 aliphatic carbocycles. The van der Waals surface area contributed by atoms with Gasteiger partial charge >= 0.3 is 5.63 Å². The zero-order valence-electron chi connectivity index (χ0n) is 13.7. The molecule has 0 aliphatic heterocycles. The molecular formula is C17H19N3O4. The third kappa shape index (κ3) is 3.16. The average molecular weight is 329 g/mol. The van der Waals surface area contributed by atoms with Crippen molar-refractivity contribution in [3.8, 4) is 0 Å². The van der Waals surface area contributed by atoms with Crippen LogP contribution in [0, 0.1) is 6.92 Å². The number of carbonyl (C=O) groups is 1. The summed E-state index contributed by atoms with van der Waals surface area (Å²) in [5.74, 6) is -0.162. The van der Waals surface area contributed by atoms with Gasteiger partial charge in [0.25, 0.3) is 0 Å². The Morgan fingerprint density at radius 2 is 2.21 bits per heavy atom. The third-order valence-corrected chi connectivity index (χ3v) is 3.79. The van der Waals surface area contributed by atoms with Gasteiger partial charge in [-0.1, -0.05) is 11.6 Å². The fourth-order valence-electron chi connectivity index (χ4n) is 2.65. The van der Waals surface area contributed by atoms with Crippen molar-refractivity contribution >= 4 is 27.8 Å². The third-order valence-electron chi connectivity index (χ3n) is 3.79. The Labute approximate surface area is 138 Å². The number of nitrogens with one attached hydrogen (secondary N) is 1. The summed E-state index contributed by atoms with van der Waals surface area (Å²) >= 11 is 0. The van der Waals surface area contributed by atoms with Crippen molar-refractivity contribution in [3.05, 3.63) is 40.4 Å². The van der Waals surface area contributed by atoms with E-state index < -0.39 is 5.63 Å². The molecule has 1 aromatic carbocycles. The van der Waals surface area contributed by atoms with Gasteiger partial charge in [0.2, 0.25) is 5.91 Å². The van der Waals surface area contributed by atoms with Crippen molar-refractivity contribution in [1.29, 1.82) is 0 Å². The van der Waals surface area contributed by atoms with Gasteiger partial charge in [0, 0.05) is 25.6 Å². The Morgan fingerprint density at radius 3 is 3.00 bits per heavy atom. The van der Waals surface area contributed by atoms with Crippen LogP contribution in [0.1, 0.15) is 12.0 Å². The number of carbonyl (C=O) groups excluding carboxylic acids is 1. The predicted molar refractivity (Wildman–Crippen MR) is 90.0 cm³/mol. The maximum atomic E-state index is 12.1. The molecule has 0 bridgehead atoms. The van der Waals surface area contributed by atoms with E-state index in [1.807, 2.05) is 19.1 Å². The van der Waals surface area contributed by atoms with Gasteiger partial charge in [-0.15, -0.1) is 0 Å². The van der Waals surface area contributed by atoms with E-state index in [9.17, 15) is 9.59 Å². The van der Waals surface area contributed by atoms with Gasteiger partial charge in [-0.2, -0.15) is 5.10 Å². The summed E-state index contributed by atoms with van der Waals surface area (Å²) in [6, 6.07) is 5.56. The minimum absolute atomic E-state index is 0.0446. The van der Waals surface area contributed by atoms with E-state index in [0.717, 1.165) is 17.4 Å². The quantitative estimate of drug-likeness (QED) is 0.548. The van der Waals surface area contributed by atoms with E-state index >= 15 is 0 Å². The molecule has 0 saturated carbocycles. The van der Waals surface area contributed by atoms with Crippen molar-refractivity contribution < 1.29 is 13.9 Å². The smallest absolute Gasteiger partial charge is 0.347 e.